The maximum absolute atomic E-state index is 13.4. The third-order valence-electron chi connectivity index (χ3n) is 5.21. The lowest BCUT2D eigenvalue weighted by atomic mass is 9.91. The second-order valence-electron chi connectivity index (χ2n) is 7.45. The molecule has 6 heteroatoms. The summed E-state index contributed by atoms with van der Waals surface area (Å²) < 4.78 is 5.18. The van der Waals surface area contributed by atoms with Crippen LogP contribution in [0.15, 0.2) is 72.8 Å². The van der Waals surface area contributed by atoms with Crippen LogP contribution in [-0.4, -0.2) is 29.7 Å². The Labute approximate surface area is 186 Å². The molecule has 0 atom stereocenters. The van der Waals surface area contributed by atoms with Gasteiger partial charge in [-0.2, -0.15) is 0 Å². The second-order valence-corrected chi connectivity index (χ2v) is 7.45. The summed E-state index contributed by atoms with van der Waals surface area (Å²) in [7, 11) is 1.59. The third kappa shape index (κ3) is 4.30. The fourth-order valence-corrected chi connectivity index (χ4v) is 3.63. The summed E-state index contributed by atoms with van der Waals surface area (Å²) in [5.74, 6) is -0.117. The molecule has 0 unspecified atom stereocenters. The minimum absolute atomic E-state index is 0.153. The number of rotatable bonds is 5. The molecule has 0 bridgehead atoms. The van der Waals surface area contributed by atoms with Gasteiger partial charge in [0.1, 0.15) is 5.75 Å². The van der Waals surface area contributed by atoms with Crippen LogP contribution in [0.25, 0.3) is 11.6 Å². The molecule has 0 aromatic heterocycles. The van der Waals surface area contributed by atoms with Gasteiger partial charge in [0.2, 0.25) is 5.91 Å². The van der Waals surface area contributed by atoms with E-state index in [1.165, 1.54) is 11.8 Å². The molecule has 3 aromatic carbocycles. The Morgan fingerprint density at radius 1 is 0.906 bits per heavy atom. The van der Waals surface area contributed by atoms with Gasteiger partial charge in [-0.25, -0.2) is 0 Å². The summed E-state index contributed by atoms with van der Waals surface area (Å²) in [6.07, 6.45) is 1.77. The molecule has 32 heavy (non-hydrogen) atoms. The predicted octanol–water partition coefficient (Wildman–Crippen LogP) is 4.38. The van der Waals surface area contributed by atoms with Crippen LogP contribution in [0.3, 0.4) is 0 Å². The van der Waals surface area contributed by atoms with Crippen molar-refractivity contribution in [3.63, 3.8) is 0 Å². The summed E-state index contributed by atoms with van der Waals surface area (Å²) in [5, 5.41) is 2.72. The first-order valence-corrected chi connectivity index (χ1v) is 10.1. The van der Waals surface area contributed by atoms with Gasteiger partial charge in [0.15, 0.2) is 0 Å². The number of benzene rings is 3. The van der Waals surface area contributed by atoms with Crippen LogP contribution in [0.1, 0.15) is 34.0 Å². The van der Waals surface area contributed by atoms with Crippen molar-refractivity contribution < 1.29 is 19.1 Å². The number of anilines is 1. The van der Waals surface area contributed by atoms with Gasteiger partial charge in [0.05, 0.1) is 13.7 Å². The van der Waals surface area contributed by atoms with Crippen LogP contribution in [0, 0.1) is 0 Å². The smallest absolute Gasteiger partial charge is 0.261 e. The van der Waals surface area contributed by atoms with E-state index in [2.05, 4.69) is 5.32 Å². The zero-order chi connectivity index (χ0) is 22.7. The van der Waals surface area contributed by atoms with Gasteiger partial charge in [0.25, 0.3) is 11.8 Å². The van der Waals surface area contributed by atoms with Crippen LogP contribution >= 0.6 is 0 Å². The Morgan fingerprint density at radius 3 is 2.19 bits per heavy atom. The molecule has 4 rings (SSSR count). The van der Waals surface area contributed by atoms with E-state index >= 15 is 0 Å². The maximum Gasteiger partial charge on any atom is 0.261 e. The minimum Gasteiger partial charge on any atom is -0.497 e. The molecular formula is C26H22N2O4. The van der Waals surface area contributed by atoms with E-state index in [9.17, 15) is 14.4 Å². The quantitative estimate of drug-likeness (QED) is 0.485. The average Bonchev–Trinajstić information content (AvgIpc) is 2.80. The molecule has 0 saturated heterocycles. The Morgan fingerprint density at radius 2 is 1.56 bits per heavy atom. The van der Waals surface area contributed by atoms with Crippen LogP contribution in [0.2, 0.25) is 0 Å². The van der Waals surface area contributed by atoms with E-state index in [0.717, 1.165) is 11.1 Å². The highest BCUT2D eigenvalue weighted by Gasteiger charge is 2.34. The Kier molecular flexibility index (Phi) is 5.85. The average molecular weight is 426 g/mol. The topological polar surface area (TPSA) is 75.7 Å². The van der Waals surface area contributed by atoms with E-state index in [4.69, 9.17) is 4.74 Å². The third-order valence-corrected chi connectivity index (χ3v) is 5.21. The summed E-state index contributed by atoms with van der Waals surface area (Å²) in [4.78, 5) is 39.0. The van der Waals surface area contributed by atoms with Gasteiger partial charge in [-0.1, -0.05) is 42.5 Å². The number of hydrogen-bond donors (Lipinski definition) is 1. The number of nitrogens with zero attached hydrogens (tertiary/aromatic N) is 1. The molecule has 0 saturated carbocycles. The van der Waals surface area contributed by atoms with Crippen LogP contribution in [0.5, 0.6) is 5.75 Å². The molecule has 1 N–H and O–H groups in total. The lowest BCUT2D eigenvalue weighted by molar-refractivity contribution is -0.123. The van der Waals surface area contributed by atoms with Crippen LogP contribution in [0.4, 0.5) is 5.69 Å². The number of carbonyl (C=O) groups is 3. The van der Waals surface area contributed by atoms with E-state index in [0.29, 0.717) is 28.1 Å². The highest BCUT2D eigenvalue weighted by atomic mass is 16.5. The van der Waals surface area contributed by atoms with Gasteiger partial charge in [-0.15, -0.1) is 0 Å². The number of fused-ring (bicyclic) bond motifs is 1. The Bertz CT molecular complexity index is 1210. The molecule has 0 aliphatic carbocycles. The van der Waals surface area contributed by atoms with Crippen molar-refractivity contribution in [2.45, 2.75) is 13.5 Å². The molecule has 160 valence electrons. The first-order chi connectivity index (χ1) is 15.5. The number of methoxy groups -OCH3 is 1. The van der Waals surface area contributed by atoms with Crippen molar-refractivity contribution in [3.05, 3.63) is 95.1 Å². The monoisotopic (exact) mass is 426 g/mol. The summed E-state index contributed by atoms with van der Waals surface area (Å²) in [6.45, 7) is 1.61. The molecule has 1 aliphatic rings. The number of hydrogen-bond acceptors (Lipinski definition) is 4. The Hall–Kier alpha value is -4.19. The molecule has 1 heterocycles. The maximum atomic E-state index is 13.4. The van der Waals surface area contributed by atoms with E-state index < -0.39 is 0 Å². The van der Waals surface area contributed by atoms with Gasteiger partial charge >= 0.3 is 0 Å². The number of nitrogens with one attached hydrogen (secondary N) is 1. The van der Waals surface area contributed by atoms with Crippen molar-refractivity contribution in [3.8, 4) is 5.75 Å². The van der Waals surface area contributed by atoms with Crippen LogP contribution in [-0.2, 0) is 16.1 Å². The molecule has 1 aliphatic heterocycles. The lowest BCUT2D eigenvalue weighted by Crippen LogP contribution is -2.41. The number of carbonyl (C=O) groups excluding carboxylic acids is 3. The summed E-state index contributed by atoms with van der Waals surface area (Å²) >= 11 is 0. The van der Waals surface area contributed by atoms with Crippen molar-refractivity contribution in [2.75, 3.05) is 12.4 Å². The number of ether oxygens (including phenoxy) is 1. The fraction of sp³-hybridized carbons (Fsp3) is 0.115. The van der Waals surface area contributed by atoms with Crippen molar-refractivity contribution in [2.24, 2.45) is 0 Å². The van der Waals surface area contributed by atoms with Crippen molar-refractivity contribution in [1.29, 1.82) is 0 Å². The standard InChI is InChI=1S/C26H22N2O4/c1-17(29)27-20-11-7-18(8-12-20)15-24-22-5-3-4-6-23(22)25(30)28(26(24)31)16-19-9-13-21(32-2)14-10-19/h3-15H,16H2,1-2H3,(H,27,29)/b24-15+. The fourth-order valence-electron chi connectivity index (χ4n) is 3.63. The molecule has 6 nitrogen and oxygen atoms in total. The molecular weight excluding hydrogens is 404 g/mol. The second kappa shape index (κ2) is 8.89. The molecule has 0 radical (unpaired) electrons. The van der Waals surface area contributed by atoms with E-state index in [1.807, 2.05) is 30.3 Å². The summed E-state index contributed by atoms with van der Waals surface area (Å²) in [6, 6.07) is 21.6. The first-order valence-electron chi connectivity index (χ1n) is 10.1. The van der Waals surface area contributed by atoms with Gasteiger partial charge in [-0.05, 0) is 53.1 Å². The first kappa shape index (κ1) is 21.1. The Balaban J connectivity index is 1.70. The number of imide groups is 1. The molecule has 3 aromatic rings. The lowest BCUT2D eigenvalue weighted by Gasteiger charge is -2.29. The number of amides is 3. The predicted molar refractivity (Wildman–Crippen MR) is 123 cm³/mol. The molecule has 0 spiro atoms. The summed E-state index contributed by atoms with van der Waals surface area (Å²) in [5.41, 5.74) is 3.83. The molecule has 3 amide bonds. The van der Waals surface area contributed by atoms with Gasteiger partial charge < -0.3 is 10.1 Å². The normalized spacial score (nSPS) is 14.3. The molecule has 0 fully saturated rings. The van der Waals surface area contributed by atoms with E-state index in [-0.39, 0.29) is 24.3 Å². The zero-order valence-electron chi connectivity index (χ0n) is 17.8. The van der Waals surface area contributed by atoms with Gasteiger partial charge in [0, 0.05) is 23.7 Å². The van der Waals surface area contributed by atoms with Gasteiger partial charge in [-0.3, -0.25) is 19.3 Å². The zero-order valence-corrected chi connectivity index (χ0v) is 17.8. The van der Waals surface area contributed by atoms with Crippen molar-refractivity contribution >= 4 is 35.1 Å². The largest absolute Gasteiger partial charge is 0.497 e. The van der Waals surface area contributed by atoms with Crippen LogP contribution < -0.4 is 10.1 Å². The van der Waals surface area contributed by atoms with E-state index in [1.54, 1.807) is 55.7 Å². The highest BCUT2D eigenvalue weighted by Crippen LogP contribution is 2.31. The SMILES string of the molecule is COc1ccc(CN2C(=O)/C(=C/c3ccc(NC(C)=O)cc3)c3ccccc3C2=O)cc1. The highest BCUT2D eigenvalue weighted by molar-refractivity contribution is 6.33. The minimum atomic E-state index is -0.351. The van der Waals surface area contributed by atoms with Crippen molar-refractivity contribution in [1.82, 2.24) is 4.90 Å².